The molecule has 0 spiro atoms. The van der Waals surface area contributed by atoms with Gasteiger partial charge in [-0.1, -0.05) is 13.3 Å². The first kappa shape index (κ1) is 20.3. The number of carbonyl (C=O) groups excluding carboxylic acids is 1. The van der Waals surface area contributed by atoms with E-state index < -0.39 is 15.9 Å². The molecule has 2 heterocycles. The second-order valence-corrected chi connectivity index (χ2v) is 8.77. The van der Waals surface area contributed by atoms with Crippen molar-refractivity contribution in [2.75, 3.05) is 25.5 Å². The molecule has 1 N–H and O–H groups in total. The first-order chi connectivity index (χ1) is 13.4. The van der Waals surface area contributed by atoms with Crippen LogP contribution in [0.4, 0.5) is 5.69 Å². The normalized spacial score (nSPS) is 16.5. The molecule has 3 rings (SSSR count). The van der Waals surface area contributed by atoms with E-state index in [-0.39, 0.29) is 10.8 Å². The number of aromatic nitrogens is 3. The molecule has 0 saturated carbocycles. The van der Waals surface area contributed by atoms with Gasteiger partial charge in [0.1, 0.15) is 18.4 Å². The van der Waals surface area contributed by atoms with Gasteiger partial charge in [-0.05, 0) is 31.0 Å². The number of rotatable bonds is 7. The predicted molar refractivity (Wildman–Crippen MR) is 103 cm³/mol. The van der Waals surface area contributed by atoms with Crippen LogP contribution in [-0.2, 0) is 21.4 Å². The van der Waals surface area contributed by atoms with Crippen LogP contribution in [0.2, 0.25) is 0 Å². The van der Waals surface area contributed by atoms with Gasteiger partial charge in [0.05, 0.1) is 30.2 Å². The number of hydrogen-bond donors (Lipinski definition) is 1. The van der Waals surface area contributed by atoms with Crippen LogP contribution in [0.25, 0.3) is 0 Å². The number of nitrogens with one attached hydrogen (secondary N) is 1. The van der Waals surface area contributed by atoms with Crippen molar-refractivity contribution in [3.8, 4) is 5.75 Å². The predicted octanol–water partition coefficient (Wildman–Crippen LogP) is 1.74. The first-order valence-electron chi connectivity index (χ1n) is 9.23. The van der Waals surface area contributed by atoms with Gasteiger partial charge in [-0.25, -0.2) is 13.4 Å². The standard InChI is InChI=1S/C18H25N5O4S/c1-14(11-22-13-19-12-20-22)18(24)21-16-10-15(6-7-17(16)27-2)28(25,26)23-8-4-3-5-9-23/h6-7,10,12-14H,3-5,8-9,11H2,1-2H3,(H,21,24). The maximum atomic E-state index is 12.9. The second kappa shape index (κ2) is 8.70. The van der Waals surface area contributed by atoms with Crippen LogP contribution in [0.1, 0.15) is 26.2 Å². The lowest BCUT2D eigenvalue weighted by Crippen LogP contribution is -2.35. The number of methoxy groups -OCH3 is 1. The van der Waals surface area contributed by atoms with E-state index in [1.54, 1.807) is 17.7 Å². The van der Waals surface area contributed by atoms with Gasteiger partial charge in [0.2, 0.25) is 15.9 Å². The third-order valence-electron chi connectivity index (χ3n) is 4.76. The van der Waals surface area contributed by atoms with E-state index in [9.17, 15) is 13.2 Å². The van der Waals surface area contributed by atoms with Crippen molar-refractivity contribution in [1.29, 1.82) is 0 Å². The highest BCUT2D eigenvalue weighted by molar-refractivity contribution is 7.89. The SMILES string of the molecule is COc1ccc(S(=O)(=O)N2CCCCC2)cc1NC(=O)C(C)Cn1cncn1. The lowest BCUT2D eigenvalue weighted by molar-refractivity contribution is -0.119. The molecule has 9 nitrogen and oxygen atoms in total. The van der Waals surface area contributed by atoms with Crippen molar-refractivity contribution in [3.63, 3.8) is 0 Å². The molecule has 1 atom stereocenters. The molecule has 1 aromatic carbocycles. The summed E-state index contributed by atoms with van der Waals surface area (Å²) in [6.45, 7) is 3.16. The molecule has 1 unspecified atom stereocenters. The summed E-state index contributed by atoms with van der Waals surface area (Å²) in [5, 5.41) is 6.77. The Bertz CT molecular complexity index is 908. The van der Waals surface area contributed by atoms with E-state index in [1.807, 2.05) is 0 Å². The summed E-state index contributed by atoms with van der Waals surface area (Å²) in [7, 11) is -2.13. The maximum Gasteiger partial charge on any atom is 0.243 e. The number of ether oxygens (including phenoxy) is 1. The molecule has 1 aromatic heterocycles. The van der Waals surface area contributed by atoms with Gasteiger partial charge in [0, 0.05) is 13.1 Å². The smallest absolute Gasteiger partial charge is 0.243 e. The molecule has 0 aliphatic carbocycles. The highest BCUT2D eigenvalue weighted by Gasteiger charge is 2.27. The summed E-state index contributed by atoms with van der Waals surface area (Å²) in [6, 6.07) is 4.54. The molecule has 1 aliphatic rings. The third-order valence-corrected chi connectivity index (χ3v) is 6.65. The number of amides is 1. The molecular formula is C18H25N5O4S. The number of benzene rings is 1. The minimum atomic E-state index is -3.60. The van der Waals surface area contributed by atoms with Crippen molar-refractivity contribution < 1.29 is 17.9 Å². The summed E-state index contributed by atoms with van der Waals surface area (Å²) in [5.41, 5.74) is 0.330. The minimum Gasteiger partial charge on any atom is -0.495 e. The molecular weight excluding hydrogens is 382 g/mol. The fourth-order valence-electron chi connectivity index (χ4n) is 3.15. The Labute approximate surface area is 164 Å². The van der Waals surface area contributed by atoms with Gasteiger partial charge in [0.15, 0.2) is 0 Å². The first-order valence-corrected chi connectivity index (χ1v) is 10.7. The fraction of sp³-hybridized carbons (Fsp3) is 0.500. The lowest BCUT2D eigenvalue weighted by Gasteiger charge is -2.26. The van der Waals surface area contributed by atoms with Gasteiger partial charge in [0.25, 0.3) is 0 Å². The van der Waals surface area contributed by atoms with Crippen LogP contribution in [0.5, 0.6) is 5.75 Å². The number of hydrogen-bond acceptors (Lipinski definition) is 6. The van der Waals surface area contributed by atoms with E-state index in [0.29, 0.717) is 31.1 Å². The van der Waals surface area contributed by atoms with Crippen LogP contribution in [0.3, 0.4) is 0 Å². The second-order valence-electron chi connectivity index (χ2n) is 6.83. The number of sulfonamides is 1. The Morgan fingerprint density at radius 3 is 2.68 bits per heavy atom. The zero-order valence-electron chi connectivity index (χ0n) is 16.0. The van der Waals surface area contributed by atoms with Crippen LogP contribution in [-0.4, -0.2) is 53.6 Å². The summed E-state index contributed by atoms with van der Waals surface area (Å²) in [5.74, 6) is -0.256. The van der Waals surface area contributed by atoms with Crippen molar-refractivity contribution in [1.82, 2.24) is 19.1 Å². The molecule has 0 radical (unpaired) electrons. The zero-order valence-corrected chi connectivity index (χ0v) is 16.9. The van der Waals surface area contributed by atoms with E-state index in [2.05, 4.69) is 15.4 Å². The molecule has 1 amide bonds. The van der Waals surface area contributed by atoms with E-state index in [4.69, 9.17) is 4.74 Å². The number of piperidine rings is 1. The van der Waals surface area contributed by atoms with E-state index in [1.165, 1.54) is 36.2 Å². The van der Waals surface area contributed by atoms with E-state index >= 15 is 0 Å². The molecule has 0 bridgehead atoms. The van der Waals surface area contributed by atoms with Crippen LogP contribution in [0.15, 0.2) is 35.7 Å². The summed E-state index contributed by atoms with van der Waals surface area (Å²) >= 11 is 0. The van der Waals surface area contributed by atoms with Gasteiger partial charge in [-0.3, -0.25) is 9.48 Å². The largest absolute Gasteiger partial charge is 0.495 e. The molecule has 2 aromatic rings. The van der Waals surface area contributed by atoms with Gasteiger partial charge in [-0.2, -0.15) is 9.40 Å². The van der Waals surface area contributed by atoms with Gasteiger partial charge < -0.3 is 10.1 Å². The highest BCUT2D eigenvalue weighted by Crippen LogP contribution is 2.30. The quantitative estimate of drug-likeness (QED) is 0.749. The molecule has 1 fully saturated rings. The summed E-state index contributed by atoms with van der Waals surface area (Å²) < 4.78 is 34.2. The van der Waals surface area contributed by atoms with Crippen LogP contribution >= 0.6 is 0 Å². The topological polar surface area (TPSA) is 106 Å². The average Bonchev–Trinajstić information content (AvgIpc) is 3.21. The Morgan fingerprint density at radius 1 is 1.29 bits per heavy atom. The third kappa shape index (κ3) is 4.50. The highest BCUT2D eigenvalue weighted by atomic mass is 32.2. The molecule has 10 heteroatoms. The zero-order chi connectivity index (χ0) is 20.1. The lowest BCUT2D eigenvalue weighted by atomic mass is 10.1. The van der Waals surface area contributed by atoms with Crippen LogP contribution in [0, 0.1) is 5.92 Å². The van der Waals surface area contributed by atoms with E-state index in [0.717, 1.165) is 19.3 Å². The minimum absolute atomic E-state index is 0.148. The average molecular weight is 407 g/mol. The number of nitrogens with zero attached hydrogens (tertiary/aromatic N) is 4. The number of anilines is 1. The maximum absolute atomic E-state index is 12.9. The Kier molecular flexibility index (Phi) is 6.30. The molecule has 1 saturated heterocycles. The summed E-state index contributed by atoms with van der Waals surface area (Å²) in [4.78, 5) is 16.6. The van der Waals surface area contributed by atoms with Crippen molar-refractivity contribution in [3.05, 3.63) is 30.9 Å². The monoisotopic (exact) mass is 407 g/mol. The fourth-order valence-corrected chi connectivity index (χ4v) is 4.69. The summed E-state index contributed by atoms with van der Waals surface area (Å²) in [6.07, 6.45) is 5.70. The van der Waals surface area contributed by atoms with Crippen molar-refractivity contribution in [2.24, 2.45) is 5.92 Å². The Morgan fingerprint density at radius 2 is 2.04 bits per heavy atom. The van der Waals surface area contributed by atoms with Gasteiger partial charge in [-0.15, -0.1) is 0 Å². The Balaban J connectivity index is 1.79. The van der Waals surface area contributed by atoms with Crippen LogP contribution < -0.4 is 10.1 Å². The van der Waals surface area contributed by atoms with Crippen molar-refractivity contribution in [2.45, 2.75) is 37.6 Å². The molecule has 1 aliphatic heterocycles. The Hall–Kier alpha value is -2.46. The number of carbonyl (C=O) groups is 1. The van der Waals surface area contributed by atoms with Crippen molar-refractivity contribution >= 4 is 21.6 Å². The molecule has 152 valence electrons. The molecule has 28 heavy (non-hydrogen) atoms. The van der Waals surface area contributed by atoms with Gasteiger partial charge >= 0.3 is 0 Å².